The molecule has 1 saturated heterocycles. The lowest BCUT2D eigenvalue weighted by atomic mass is 9.87. The molecule has 2 heterocycles. The zero-order chi connectivity index (χ0) is 32.8. The van der Waals surface area contributed by atoms with Crippen molar-refractivity contribution in [3.05, 3.63) is 114 Å². The van der Waals surface area contributed by atoms with Crippen LogP contribution in [0.2, 0.25) is 0 Å². The summed E-state index contributed by atoms with van der Waals surface area (Å²) in [7, 11) is 1.68. The van der Waals surface area contributed by atoms with E-state index in [0.29, 0.717) is 31.9 Å². The Balaban J connectivity index is 1.15. The quantitative estimate of drug-likeness (QED) is 0.140. The van der Waals surface area contributed by atoms with Crippen LogP contribution in [-0.4, -0.2) is 48.3 Å². The molecule has 1 aromatic heterocycles. The van der Waals surface area contributed by atoms with E-state index in [1.54, 1.807) is 12.2 Å². The van der Waals surface area contributed by atoms with Crippen LogP contribution in [0, 0.1) is 0 Å². The number of fused-ring (bicyclic) bond motifs is 1. The number of hydrogen-bond acceptors (Lipinski definition) is 9. The van der Waals surface area contributed by atoms with Crippen molar-refractivity contribution in [2.45, 2.75) is 58.0 Å². The van der Waals surface area contributed by atoms with Crippen molar-refractivity contribution >= 4 is 16.9 Å². The molecule has 0 saturated carbocycles. The van der Waals surface area contributed by atoms with Gasteiger partial charge in [0.2, 0.25) is 0 Å². The Morgan fingerprint density at radius 2 is 1.70 bits per heavy atom. The zero-order valence-electron chi connectivity index (χ0n) is 27.2. The largest absolute Gasteiger partial charge is 0.528 e. The minimum absolute atomic E-state index is 0.0525. The first-order valence-electron chi connectivity index (χ1n) is 15.8. The smallest absolute Gasteiger partial charge is 0.496 e. The van der Waals surface area contributed by atoms with E-state index in [0.717, 1.165) is 44.7 Å². The highest BCUT2D eigenvalue weighted by Gasteiger charge is 2.34. The third-order valence-electron chi connectivity index (χ3n) is 8.05. The van der Waals surface area contributed by atoms with E-state index in [9.17, 15) is 4.79 Å². The van der Waals surface area contributed by atoms with Gasteiger partial charge in [0.1, 0.15) is 29.4 Å². The summed E-state index contributed by atoms with van der Waals surface area (Å²) in [6, 6.07) is 32.0. The molecule has 0 spiro atoms. The first kappa shape index (κ1) is 32.1. The highest BCUT2D eigenvalue weighted by Crippen LogP contribution is 2.35. The fourth-order valence-electron chi connectivity index (χ4n) is 5.83. The summed E-state index contributed by atoms with van der Waals surface area (Å²) >= 11 is 0. The number of carbonyl (C=O) groups excluding carboxylic acids is 1. The summed E-state index contributed by atoms with van der Waals surface area (Å²) in [5.41, 5.74) is 3.16. The van der Waals surface area contributed by atoms with Crippen LogP contribution >= 0.6 is 0 Å². The maximum atomic E-state index is 12.5. The molecule has 47 heavy (non-hydrogen) atoms. The Kier molecular flexibility index (Phi) is 9.75. The van der Waals surface area contributed by atoms with Crippen LogP contribution in [0.4, 0.5) is 4.79 Å². The van der Waals surface area contributed by atoms with E-state index in [-0.39, 0.29) is 18.6 Å². The van der Waals surface area contributed by atoms with E-state index in [1.807, 2.05) is 93.6 Å². The van der Waals surface area contributed by atoms with Gasteiger partial charge < -0.3 is 28.3 Å². The lowest BCUT2D eigenvalue weighted by Gasteiger charge is -2.37. The average molecular weight is 637 g/mol. The number of ether oxygens (including phenoxy) is 4. The lowest BCUT2D eigenvalue weighted by Crippen LogP contribution is -2.45. The van der Waals surface area contributed by atoms with Crippen LogP contribution in [0.15, 0.2) is 102 Å². The van der Waals surface area contributed by atoms with E-state index < -0.39 is 11.8 Å². The number of aromatic nitrogens is 1. The number of hydrogen-bond donors (Lipinski definition) is 0. The molecule has 6 rings (SSSR count). The molecule has 1 fully saturated rings. The molecule has 2 unspecified atom stereocenters. The highest BCUT2D eigenvalue weighted by molar-refractivity contribution is 5.89. The molecule has 4 aromatic carbocycles. The molecule has 9 nitrogen and oxygen atoms in total. The molecule has 0 aliphatic carbocycles. The van der Waals surface area contributed by atoms with Gasteiger partial charge in [0.15, 0.2) is 5.76 Å². The Labute approximate surface area is 274 Å². The van der Waals surface area contributed by atoms with Crippen molar-refractivity contribution in [3.63, 3.8) is 0 Å². The summed E-state index contributed by atoms with van der Waals surface area (Å²) in [5.74, 6) is 2.21. The molecule has 0 bridgehead atoms. The zero-order valence-corrected chi connectivity index (χ0v) is 27.2. The van der Waals surface area contributed by atoms with Crippen molar-refractivity contribution in [3.8, 4) is 22.8 Å². The number of hydroxylamine groups is 2. The van der Waals surface area contributed by atoms with E-state index in [1.165, 1.54) is 0 Å². The molecule has 0 N–H and O–H groups in total. The fraction of sp³-hybridized carbons (Fsp3) is 0.316. The second kappa shape index (κ2) is 14.3. The van der Waals surface area contributed by atoms with Crippen molar-refractivity contribution < 1.29 is 33.1 Å². The molecule has 5 aromatic rings. The highest BCUT2D eigenvalue weighted by atomic mass is 16.8. The van der Waals surface area contributed by atoms with Gasteiger partial charge in [-0.05, 0) is 50.3 Å². The first-order valence-corrected chi connectivity index (χ1v) is 15.8. The van der Waals surface area contributed by atoms with Crippen LogP contribution in [0.5, 0.6) is 11.5 Å². The molecule has 0 amide bonds. The Morgan fingerprint density at radius 1 is 0.936 bits per heavy atom. The normalized spacial score (nSPS) is 16.9. The van der Waals surface area contributed by atoms with Crippen LogP contribution < -0.4 is 9.47 Å². The van der Waals surface area contributed by atoms with Gasteiger partial charge in [-0.1, -0.05) is 84.0 Å². The summed E-state index contributed by atoms with van der Waals surface area (Å²) in [5, 5.41) is 7.93. The topological polar surface area (TPSA) is 92.5 Å². The van der Waals surface area contributed by atoms with Gasteiger partial charge in [-0.15, -0.1) is 5.06 Å². The van der Waals surface area contributed by atoms with E-state index in [4.69, 9.17) is 28.3 Å². The minimum Gasteiger partial charge on any atom is -0.496 e. The van der Waals surface area contributed by atoms with Crippen molar-refractivity contribution in [1.29, 1.82) is 0 Å². The first-order chi connectivity index (χ1) is 22.8. The lowest BCUT2D eigenvalue weighted by molar-refractivity contribution is -0.179. The third kappa shape index (κ3) is 8.11. The number of benzene rings is 4. The van der Waals surface area contributed by atoms with Crippen molar-refractivity contribution in [2.24, 2.45) is 0 Å². The van der Waals surface area contributed by atoms with Crippen molar-refractivity contribution in [1.82, 2.24) is 10.2 Å². The average Bonchev–Trinajstić information content (AvgIpc) is 3.55. The Hall–Kier alpha value is -4.86. The third-order valence-corrected chi connectivity index (χ3v) is 8.05. The fourth-order valence-corrected chi connectivity index (χ4v) is 5.83. The van der Waals surface area contributed by atoms with Crippen molar-refractivity contribution in [2.75, 3.05) is 20.2 Å². The molecule has 1 aliphatic rings. The Morgan fingerprint density at radius 3 is 2.47 bits per heavy atom. The van der Waals surface area contributed by atoms with Gasteiger partial charge >= 0.3 is 6.16 Å². The molecule has 9 heteroatoms. The number of methoxy groups -OCH3 is 1. The van der Waals surface area contributed by atoms with Crippen LogP contribution in [-0.2, 0) is 27.5 Å². The standard InChI is InChI=1S/C38H40N2O7/c1-38(2,3)45-37(41)47-40-21-20-32(35(23-40)44-24-29-15-14-26-10-8-9-13-33(26)36(29)42-4)27-16-18-30(19-17-27)43-25-31-22-34(39-46-31)28-11-6-5-7-12-28/h5-19,22,32,35H,20-21,23-25H2,1-4H3. The molecule has 244 valence electrons. The molecule has 1 aliphatic heterocycles. The summed E-state index contributed by atoms with van der Waals surface area (Å²) < 4.78 is 29.3. The number of nitrogens with zero attached hydrogens (tertiary/aromatic N) is 2. The van der Waals surface area contributed by atoms with Crippen LogP contribution in [0.25, 0.3) is 22.0 Å². The summed E-state index contributed by atoms with van der Waals surface area (Å²) in [4.78, 5) is 18.1. The van der Waals surface area contributed by atoms with E-state index in [2.05, 4.69) is 29.4 Å². The second-order valence-electron chi connectivity index (χ2n) is 12.6. The Bertz CT molecular complexity index is 1780. The number of rotatable bonds is 10. The number of piperidine rings is 1. The van der Waals surface area contributed by atoms with Gasteiger partial charge in [-0.25, -0.2) is 4.79 Å². The monoisotopic (exact) mass is 636 g/mol. The SMILES string of the molecule is COc1c(COC2CN(OC(=O)OC(C)(C)C)CCC2c2ccc(OCc3cc(-c4ccccc4)no3)cc2)ccc2ccccc12. The van der Waals surface area contributed by atoms with Gasteiger partial charge in [0, 0.05) is 35.0 Å². The predicted molar refractivity (Wildman–Crippen MR) is 178 cm³/mol. The second-order valence-corrected chi connectivity index (χ2v) is 12.6. The predicted octanol–water partition coefficient (Wildman–Crippen LogP) is 8.32. The molecular weight excluding hydrogens is 596 g/mol. The van der Waals surface area contributed by atoms with E-state index >= 15 is 0 Å². The summed E-state index contributed by atoms with van der Waals surface area (Å²) in [6.45, 7) is 6.94. The number of carbonyl (C=O) groups is 1. The van der Waals surface area contributed by atoms with Gasteiger partial charge in [-0.3, -0.25) is 0 Å². The van der Waals surface area contributed by atoms with Gasteiger partial charge in [-0.2, -0.15) is 0 Å². The van der Waals surface area contributed by atoms with Gasteiger partial charge in [0.05, 0.1) is 26.4 Å². The molecule has 2 atom stereocenters. The molecular formula is C38H40N2O7. The minimum atomic E-state index is -0.727. The van der Waals surface area contributed by atoms with Gasteiger partial charge in [0.25, 0.3) is 0 Å². The summed E-state index contributed by atoms with van der Waals surface area (Å²) in [6.07, 6.45) is -0.294. The molecule has 0 radical (unpaired) electrons. The van der Waals surface area contributed by atoms with Crippen LogP contribution in [0.1, 0.15) is 50.0 Å². The van der Waals surface area contributed by atoms with Crippen LogP contribution in [0.3, 0.4) is 0 Å². The maximum absolute atomic E-state index is 12.5. The maximum Gasteiger partial charge on any atom is 0.528 e.